The number of aliphatic hydroxyl groups is 1. The molecule has 1 aliphatic rings. The lowest BCUT2D eigenvalue weighted by Crippen LogP contribution is -2.29. The largest absolute Gasteiger partial charge is 0.468 e. The minimum atomic E-state index is 0.167. The van der Waals surface area contributed by atoms with E-state index in [4.69, 9.17) is 4.42 Å². The third kappa shape index (κ3) is 2.41. The molecule has 1 aromatic heterocycles. The first-order valence-corrected chi connectivity index (χ1v) is 5.67. The van der Waals surface area contributed by atoms with Crippen molar-refractivity contribution in [1.82, 2.24) is 5.32 Å². The lowest BCUT2D eigenvalue weighted by Gasteiger charge is -2.18. The standard InChI is InChI=1S/C12H19NO2/c1-2-10(11-4-3-7-15-11)13-8-12(9-14)5-6-12/h3-4,7,10,13-14H,2,5-6,8-9H2,1H3. The highest BCUT2D eigenvalue weighted by atomic mass is 16.3. The van der Waals surface area contributed by atoms with E-state index in [0.29, 0.717) is 6.61 Å². The zero-order chi connectivity index (χ0) is 10.7. The SMILES string of the molecule is CCC(NCC1(CO)CC1)c1ccco1. The maximum absolute atomic E-state index is 9.21. The predicted octanol–water partition coefficient (Wildman–Crippen LogP) is 2.09. The van der Waals surface area contributed by atoms with Gasteiger partial charge in [0.2, 0.25) is 0 Å². The van der Waals surface area contributed by atoms with E-state index in [1.807, 2.05) is 12.1 Å². The minimum absolute atomic E-state index is 0.167. The highest BCUT2D eigenvalue weighted by Crippen LogP contribution is 2.44. The second-order valence-corrected chi connectivity index (χ2v) is 4.52. The maximum Gasteiger partial charge on any atom is 0.120 e. The summed E-state index contributed by atoms with van der Waals surface area (Å²) in [6, 6.07) is 4.20. The number of hydrogen-bond donors (Lipinski definition) is 2. The molecule has 84 valence electrons. The Balaban J connectivity index is 1.87. The van der Waals surface area contributed by atoms with Gasteiger partial charge in [-0.15, -0.1) is 0 Å². The Morgan fingerprint density at radius 3 is 2.87 bits per heavy atom. The Morgan fingerprint density at radius 1 is 1.60 bits per heavy atom. The average Bonchev–Trinajstić information content (AvgIpc) is 2.85. The van der Waals surface area contributed by atoms with Gasteiger partial charge in [-0.05, 0) is 31.4 Å². The molecular weight excluding hydrogens is 190 g/mol. The van der Waals surface area contributed by atoms with Gasteiger partial charge in [-0.3, -0.25) is 0 Å². The first kappa shape index (κ1) is 10.7. The van der Waals surface area contributed by atoms with Crippen LogP contribution in [0.1, 0.15) is 38.0 Å². The van der Waals surface area contributed by atoms with Crippen LogP contribution in [0.25, 0.3) is 0 Å². The van der Waals surface area contributed by atoms with E-state index in [1.54, 1.807) is 6.26 Å². The lowest BCUT2D eigenvalue weighted by atomic mass is 10.1. The molecule has 2 N–H and O–H groups in total. The highest BCUT2D eigenvalue weighted by Gasteiger charge is 2.41. The van der Waals surface area contributed by atoms with Crippen molar-refractivity contribution in [3.05, 3.63) is 24.2 Å². The number of hydrogen-bond acceptors (Lipinski definition) is 3. The summed E-state index contributed by atoms with van der Waals surface area (Å²) < 4.78 is 5.38. The van der Waals surface area contributed by atoms with Crippen LogP contribution < -0.4 is 5.32 Å². The molecule has 2 rings (SSSR count). The van der Waals surface area contributed by atoms with Crippen molar-refractivity contribution in [3.63, 3.8) is 0 Å². The molecule has 15 heavy (non-hydrogen) atoms. The lowest BCUT2D eigenvalue weighted by molar-refractivity contribution is 0.201. The van der Waals surface area contributed by atoms with Gasteiger partial charge in [0, 0.05) is 18.6 Å². The quantitative estimate of drug-likeness (QED) is 0.754. The first-order chi connectivity index (χ1) is 7.29. The van der Waals surface area contributed by atoms with E-state index in [2.05, 4.69) is 12.2 Å². The van der Waals surface area contributed by atoms with Gasteiger partial charge in [0.1, 0.15) is 5.76 Å². The van der Waals surface area contributed by atoms with Gasteiger partial charge >= 0.3 is 0 Å². The molecule has 0 aromatic carbocycles. The summed E-state index contributed by atoms with van der Waals surface area (Å²) in [6.07, 6.45) is 5.00. The van der Waals surface area contributed by atoms with Gasteiger partial charge in [-0.2, -0.15) is 0 Å². The van der Waals surface area contributed by atoms with E-state index in [-0.39, 0.29) is 11.5 Å². The number of rotatable bonds is 6. The van der Waals surface area contributed by atoms with E-state index in [9.17, 15) is 5.11 Å². The molecule has 1 atom stereocenters. The number of furan rings is 1. The molecule has 0 aliphatic heterocycles. The van der Waals surface area contributed by atoms with Crippen LogP contribution in [0.4, 0.5) is 0 Å². The summed E-state index contributed by atoms with van der Waals surface area (Å²) in [5.74, 6) is 0.992. The second-order valence-electron chi connectivity index (χ2n) is 4.52. The van der Waals surface area contributed by atoms with Crippen LogP contribution in [0.15, 0.2) is 22.8 Å². The molecule has 0 spiro atoms. The van der Waals surface area contributed by atoms with Crippen molar-refractivity contribution < 1.29 is 9.52 Å². The first-order valence-electron chi connectivity index (χ1n) is 5.67. The van der Waals surface area contributed by atoms with Crippen LogP contribution >= 0.6 is 0 Å². The molecule has 1 unspecified atom stereocenters. The van der Waals surface area contributed by atoms with Crippen molar-refractivity contribution in [1.29, 1.82) is 0 Å². The summed E-state index contributed by atoms with van der Waals surface area (Å²) >= 11 is 0. The summed E-state index contributed by atoms with van der Waals surface area (Å²) in [7, 11) is 0. The zero-order valence-corrected chi connectivity index (χ0v) is 9.20. The molecule has 0 bridgehead atoms. The van der Waals surface area contributed by atoms with Gasteiger partial charge in [0.05, 0.1) is 12.3 Å². The molecule has 1 aromatic rings. The van der Waals surface area contributed by atoms with E-state index in [1.165, 1.54) is 0 Å². The van der Waals surface area contributed by atoms with Gasteiger partial charge in [-0.1, -0.05) is 6.92 Å². The predicted molar refractivity (Wildman–Crippen MR) is 58.5 cm³/mol. The smallest absolute Gasteiger partial charge is 0.120 e. The Kier molecular flexibility index (Phi) is 3.12. The van der Waals surface area contributed by atoms with E-state index in [0.717, 1.165) is 31.6 Å². The molecule has 1 aliphatic carbocycles. The molecule has 0 saturated heterocycles. The fourth-order valence-corrected chi connectivity index (χ4v) is 1.84. The van der Waals surface area contributed by atoms with Gasteiger partial charge < -0.3 is 14.8 Å². The summed E-state index contributed by atoms with van der Waals surface area (Å²) in [6.45, 7) is 3.33. The van der Waals surface area contributed by atoms with Crippen LogP contribution in [0, 0.1) is 5.41 Å². The third-order valence-corrected chi connectivity index (χ3v) is 3.31. The fourth-order valence-electron chi connectivity index (χ4n) is 1.84. The van der Waals surface area contributed by atoms with Crippen molar-refractivity contribution in [2.24, 2.45) is 5.41 Å². The summed E-state index contributed by atoms with van der Waals surface area (Å²) in [5.41, 5.74) is 0.167. The maximum atomic E-state index is 9.21. The second kappa shape index (κ2) is 4.37. The number of aliphatic hydroxyl groups excluding tert-OH is 1. The van der Waals surface area contributed by atoms with Crippen molar-refractivity contribution in [2.45, 2.75) is 32.2 Å². The van der Waals surface area contributed by atoms with Crippen LogP contribution in [-0.4, -0.2) is 18.3 Å². The Morgan fingerprint density at radius 2 is 2.40 bits per heavy atom. The highest BCUT2D eigenvalue weighted by molar-refractivity contribution is 5.05. The molecule has 3 heteroatoms. The normalized spacial score (nSPS) is 20.1. The zero-order valence-electron chi connectivity index (χ0n) is 9.20. The monoisotopic (exact) mass is 209 g/mol. The van der Waals surface area contributed by atoms with Crippen LogP contribution in [-0.2, 0) is 0 Å². The van der Waals surface area contributed by atoms with Crippen molar-refractivity contribution in [3.8, 4) is 0 Å². The molecule has 1 heterocycles. The Bertz CT molecular complexity index is 291. The molecule has 1 fully saturated rings. The topological polar surface area (TPSA) is 45.4 Å². The molecule has 0 amide bonds. The fraction of sp³-hybridized carbons (Fsp3) is 0.667. The minimum Gasteiger partial charge on any atom is -0.468 e. The van der Waals surface area contributed by atoms with E-state index >= 15 is 0 Å². The summed E-state index contributed by atoms with van der Waals surface area (Å²) in [4.78, 5) is 0. The average molecular weight is 209 g/mol. The molecular formula is C12H19NO2. The van der Waals surface area contributed by atoms with Crippen molar-refractivity contribution in [2.75, 3.05) is 13.2 Å². The van der Waals surface area contributed by atoms with Crippen LogP contribution in [0.3, 0.4) is 0 Å². The number of nitrogens with one attached hydrogen (secondary N) is 1. The van der Waals surface area contributed by atoms with Gasteiger partial charge in [0.25, 0.3) is 0 Å². The Hall–Kier alpha value is -0.800. The van der Waals surface area contributed by atoms with E-state index < -0.39 is 0 Å². The van der Waals surface area contributed by atoms with Gasteiger partial charge in [-0.25, -0.2) is 0 Å². The Labute approximate surface area is 90.5 Å². The molecule has 3 nitrogen and oxygen atoms in total. The van der Waals surface area contributed by atoms with Crippen molar-refractivity contribution >= 4 is 0 Å². The van der Waals surface area contributed by atoms with Crippen LogP contribution in [0.2, 0.25) is 0 Å². The van der Waals surface area contributed by atoms with Crippen LogP contribution in [0.5, 0.6) is 0 Å². The molecule has 0 radical (unpaired) electrons. The summed E-state index contributed by atoms with van der Waals surface area (Å²) in [5, 5.41) is 12.7. The molecule has 1 saturated carbocycles. The third-order valence-electron chi connectivity index (χ3n) is 3.31. The van der Waals surface area contributed by atoms with Gasteiger partial charge in [0.15, 0.2) is 0 Å².